The van der Waals surface area contributed by atoms with Crippen molar-refractivity contribution in [3.63, 3.8) is 0 Å². The Morgan fingerprint density at radius 2 is 1.74 bits per heavy atom. The fourth-order valence-corrected chi connectivity index (χ4v) is 1.86. The number of hydrogen-bond acceptors (Lipinski definition) is 4. The number of nitrogens with one attached hydrogen (secondary N) is 1. The largest absolute Gasteiger partial charge is 0.479 e. The van der Waals surface area contributed by atoms with Gasteiger partial charge in [0.1, 0.15) is 5.75 Å². The summed E-state index contributed by atoms with van der Waals surface area (Å²) >= 11 is 5.76. The van der Waals surface area contributed by atoms with Gasteiger partial charge in [0.05, 0.1) is 0 Å². The minimum absolute atomic E-state index is 0.385. The van der Waals surface area contributed by atoms with Gasteiger partial charge in [0.15, 0.2) is 12.7 Å². The third-order valence-corrected chi connectivity index (χ3v) is 3.11. The highest BCUT2D eigenvalue weighted by Crippen LogP contribution is 2.13. The van der Waals surface area contributed by atoms with E-state index in [1.165, 1.54) is 0 Å². The average molecular weight is 334 g/mol. The van der Waals surface area contributed by atoms with E-state index in [1.807, 2.05) is 6.07 Å². The number of ether oxygens (including phenoxy) is 2. The summed E-state index contributed by atoms with van der Waals surface area (Å²) < 4.78 is 10.4. The molecular weight excluding hydrogens is 318 g/mol. The first-order valence-corrected chi connectivity index (χ1v) is 7.36. The summed E-state index contributed by atoms with van der Waals surface area (Å²) in [6.45, 7) is 1.18. The number of carbonyl (C=O) groups excluding carboxylic acids is 2. The van der Waals surface area contributed by atoms with Crippen LogP contribution in [0.3, 0.4) is 0 Å². The number of hydrogen-bond donors (Lipinski definition) is 1. The predicted octanol–water partition coefficient (Wildman–Crippen LogP) is 3.29. The third-order valence-electron chi connectivity index (χ3n) is 2.86. The van der Waals surface area contributed by atoms with Crippen LogP contribution in [0.2, 0.25) is 5.02 Å². The molecule has 0 aliphatic carbocycles. The summed E-state index contributed by atoms with van der Waals surface area (Å²) in [6.07, 6.45) is -0.805. The fraction of sp³-hybridized carbons (Fsp3) is 0.176. The molecule has 5 nitrogen and oxygen atoms in total. The van der Waals surface area contributed by atoms with Gasteiger partial charge in [0.2, 0.25) is 0 Å². The van der Waals surface area contributed by atoms with Gasteiger partial charge in [-0.25, -0.2) is 4.79 Å². The van der Waals surface area contributed by atoms with Crippen LogP contribution < -0.4 is 10.1 Å². The number of halogens is 1. The highest BCUT2D eigenvalue weighted by molar-refractivity contribution is 6.30. The standard InChI is InChI=1S/C17H16ClNO4/c1-12(23-15-5-3-2-4-6-15)17(21)22-11-16(20)19-14-9-7-13(18)8-10-14/h2-10,12H,11H2,1H3,(H,19,20)/t12-/m0/s1. The lowest BCUT2D eigenvalue weighted by molar-refractivity contribution is -0.153. The summed E-state index contributed by atoms with van der Waals surface area (Å²) in [7, 11) is 0. The Labute approximate surface area is 139 Å². The molecule has 0 aromatic heterocycles. The van der Waals surface area contributed by atoms with Crippen LogP contribution in [0.1, 0.15) is 6.92 Å². The van der Waals surface area contributed by atoms with Crippen molar-refractivity contribution in [1.82, 2.24) is 0 Å². The van der Waals surface area contributed by atoms with Crippen LogP contribution in [-0.4, -0.2) is 24.6 Å². The Kier molecular flexibility index (Phi) is 6.00. The Bertz CT molecular complexity index is 658. The molecular formula is C17H16ClNO4. The fourth-order valence-electron chi connectivity index (χ4n) is 1.74. The Morgan fingerprint density at radius 3 is 2.39 bits per heavy atom. The van der Waals surface area contributed by atoms with Gasteiger partial charge in [-0.2, -0.15) is 0 Å². The Morgan fingerprint density at radius 1 is 1.09 bits per heavy atom. The molecule has 0 radical (unpaired) electrons. The normalized spacial score (nSPS) is 11.4. The third kappa shape index (κ3) is 5.64. The van der Waals surface area contributed by atoms with Crippen molar-refractivity contribution in [3.8, 4) is 5.75 Å². The van der Waals surface area contributed by atoms with E-state index < -0.39 is 18.0 Å². The summed E-state index contributed by atoms with van der Waals surface area (Å²) in [5, 5.41) is 3.17. The van der Waals surface area contributed by atoms with Crippen molar-refractivity contribution < 1.29 is 19.1 Å². The maximum absolute atomic E-state index is 11.8. The van der Waals surface area contributed by atoms with Crippen LogP contribution in [0.5, 0.6) is 5.75 Å². The smallest absolute Gasteiger partial charge is 0.347 e. The number of carbonyl (C=O) groups is 2. The molecule has 0 bridgehead atoms. The van der Waals surface area contributed by atoms with Gasteiger partial charge in [0.25, 0.3) is 5.91 Å². The first-order valence-electron chi connectivity index (χ1n) is 6.98. The maximum atomic E-state index is 11.8. The molecule has 0 aliphatic heterocycles. The SMILES string of the molecule is C[C@H](Oc1ccccc1)C(=O)OCC(=O)Nc1ccc(Cl)cc1. The van der Waals surface area contributed by atoms with Crippen LogP contribution in [0.25, 0.3) is 0 Å². The molecule has 0 aliphatic rings. The number of benzene rings is 2. The summed E-state index contributed by atoms with van der Waals surface area (Å²) in [6, 6.07) is 15.5. The van der Waals surface area contributed by atoms with Gasteiger partial charge >= 0.3 is 5.97 Å². The van der Waals surface area contributed by atoms with E-state index in [1.54, 1.807) is 55.5 Å². The lowest BCUT2D eigenvalue weighted by Gasteiger charge is -2.13. The molecule has 2 aromatic carbocycles. The Hall–Kier alpha value is -2.53. The molecule has 2 aromatic rings. The molecule has 1 N–H and O–H groups in total. The quantitative estimate of drug-likeness (QED) is 0.824. The van der Waals surface area contributed by atoms with E-state index in [-0.39, 0.29) is 6.61 Å². The summed E-state index contributed by atoms with van der Waals surface area (Å²) in [4.78, 5) is 23.5. The molecule has 1 atom stereocenters. The molecule has 23 heavy (non-hydrogen) atoms. The minimum Gasteiger partial charge on any atom is -0.479 e. The number of rotatable bonds is 6. The topological polar surface area (TPSA) is 64.6 Å². The van der Waals surface area contributed by atoms with Gasteiger partial charge in [-0.05, 0) is 43.3 Å². The van der Waals surface area contributed by atoms with E-state index in [4.69, 9.17) is 21.1 Å². The van der Waals surface area contributed by atoms with Crippen LogP contribution in [0.4, 0.5) is 5.69 Å². The second-order valence-corrected chi connectivity index (χ2v) is 5.17. The van der Waals surface area contributed by atoms with Crippen molar-refractivity contribution >= 4 is 29.2 Å². The number of esters is 1. The molecule has 0 saturated heterocycles. The van der Waals surface area contributed by atoms with Gasteiger partial charge in [-0.1, -0.05) is 29.8 Å². The second kappa shape index (κ2) is 8.19. The average Bonchev–Trinajstić information content (AvgIpc) is 2.55. The van der Waals surface area contributed by atoms with Crippen molar-refractivity contribution in [2.75, 3.05) is 11.9 Å². The van der Waals surface area contributed by atoms with E-state index >= 15 is 0 Å². The molecule has 0 saturated carbocycles. The monoisotopic (exact) mass is 333 g/mol. The van der Waals surface area contributed by atoms with E-state index in [2.05, 4.69) is 5.32 Å². The highest BCUT2D eigenvalue weighted by atomic mass is 35.5. The van der Waals surface area contributed by atoms with Gasteiger partial charge in [-0.3, -0.25) is 4.79 Å². The molecule has 6 heteroatoms. The van der Waals surface area contributed by atoms with Crippen LogP contribution in [0.15, 0.2) is 54.6 Å². The number of anilines is 1. The first kappa shape index (κ1) is 16.8. The van der Waals surface area contributed by atoms with Crippen molar-refractivity contribution in [2.45, 2.75) is 13.0 Å². The first-order chi connectivity index (χ1) is 11.0. The predicted molar refractivity (Wildman–Crippen MR) is 87.6 cm³/mol. The van der Waals surface area contributed by atoms with Gasteiger partial charge in [0, 0.05) is 10.7 Å². The molecule has 0 spiro atoms. The summed E-state index contributed by atoms with van der Waals surface area (Å²) in [5.41, 5.74) is 0.573. The lowest BCUT2D eigenvalue weighted by Crippen LogP contribution is -2.29. The minimum atomic E-state index is -0.805. The zero-order chi connectivity index (χ0) is 16.7. The molecule has 2 rings (SSSR count). The zero-order valence-corrected chi connectivity index (χ0v) is 13.2. The lowest BCUT2D eigenvalue weighted by atomic mass is 10.3. The van der Waals surface area contributed by atoms with Gasteiger partial charge < -0.3 is 14.8 Å². The molecule has 0 unspecified atom stereocenters. The van der Waals surface area contributed by atoms with Crippen LogP contribution in [0, 0.1) is 0 Å². The second-order valence-electron chi connectivity index (χ2n) is 4.74. The van der Waals surface area contributed by atoms with Crippen LogP contribution >= 0.6 is 11.6 Å². The van der Waals surface area contributed by atoms with E-state index in [0.29, 0.717) is 16.5 Å². The van der Waals surface area contributed by atoms with Crippen LogP contribution in [-0.2, 0) is 14.3 Å². The molecule has 120 valence electrons. The molecule has 0 heterocycles. The Balaban J connectivity index is 1.76. The molecule has 0 fully saturated rings. The van der Waals surface area contributed by atoms with Crippen molar-refractivity contribution in [3.05, 3.63) is 59.6 Å². The van der Waals surface area contributed by atoms with Gasteiger partial charge in [-0.15, -0.1) is 0 Å². The molecule has 1 amide bonds. The summed E-state index contributed by atoms with van der Waals surface area (Å²) in [5.74, 6) is -0.491. The zero-order valence-electron chi connectivity index (χ0n) is 12.5. The van der Waals surface area contributed by atoms with E-state index in [0.717, 1.165) is 0 Å². The van der Waals surface area contributed by atoms with E-state index in [9.17, 15) is 9.59 Å². The van der Waals surface area contributed by atoms with Crippen molar-refractivity contribution in [2.24, 2.45) is 0 Å². The van der Waals surface area contributed by atoms with Crippen molar-refractivity contribution in [1.29, 1.82) is 0 Å². The number of amides is 1. The maximum Gasteiger partial charge on any atom is 0.347 e. The number of para-hydroxylation sites is 1. The highest BCUT2D eigenvalue weighted by Gasteiger charge is 2.17.